The van der Waals surface area contributed by atoms with Gasteiger partial charge in [0.15, 0.2) is 0 Å². The maximum absolute atomic E-state index is 12.7. The summed E-state index contributed by atoms with van der Waals surface area (Å²) in [6, 6.07) is 17.3. The molecule has 156 valence electrons. The van der Waals surface area contributed by atoms with Crippen molar-refractivity contribution < 1.29 is 4.79 Å². The van der Waals surface area contributed by atoms with Crippen LogP contribution in [0.25, 0.3) is 0 Å². The molecule has 3 aromatic rings. The number of aliphatic imine (C=N–C) groups is 1. The van der Waals surface area contributed by atoms with Crippen LogP contribution in [0.4, 0.5) is 5.69 Å². The zero-order valence-corrected chi connectivity index (χ0v) is 18.2. The minimum Gasteiger partial charge on any atom is -0.326 e. The largest absolute Gasteiger partial charge is 0.326 e. The van der Waals surface area contributed by atoms with Gasteiger partial charge in [-0.05, 0) is 49.6 Å². The number of carbonyl (C=O) groups is 1. The monoisotopic (exact) mass is 403 g/mol. The lowest BCUT2D eigenvalue weighted by molar-refractivity contribution is 0.0977. The lowest BCUT2D eigenvalue weighted by Gasteiger charge is -2.13. The first kappa shape index (κ1) is 21.3. The lowest BCUT2D eigenvalue weighted by atomic mass is 10.0. The highest BCUT2D eigenvalue weighted by Gasteiger charge is 2.12. The predicted octanol–water partition coefficient (Wildman–Crippen LogP) is 4.56. The number of aromatic nitrogens is 2. The zero-order chi connectivity index (χ0) is 21.7. The Bertz CT molecular complexity index is 1030. The van der Waals surface area contributed by atoms with E-state index in [4.69, 9.17) is 0 Å². The fourth-order valence-corrected chi connectivity index (χ4v) is 3.17. The number of benzene rings is 2. The van der Waals surface area contributed by atoms with Gasteiger partial charge in [0.2, 0.25) is 5.96 Å². The summed E-state index contributed by atoms with van der Waals surface area (Å²) in [6.07, 6.45) is 0. The third-order valence-corrected chi connectivity index (χ3v) is 5.16. The molecular formula is C24H29N5O. The van der Waals surface area contributed by atoms with Gasteiger partial charge >= 0.3 is 0 Å². The first-order valence-corrected chi connectivity index (χ1v) is 10.1. The van der Waals surface area contributed by atoms with E-state index in [1.54, 1.807) is 12.1 Å². The topological polar surface area (TPSA) is 71.3 Å². The molecule has 0 unspecified atom stereocenters. The Morgan fingerprint density at radius 3 is 2.30 bits per heavy atom. The molecule has 0 saturated heterocycles. The van der Waals surface area contributed by atoms with E-state index in [9.17, 15) is 4.79 Å². The van der Waals surface area contributed by atoms with E-state index >= 15 is 0 Å². The molecule has 30 heavy (non-hydrogen) atoms. The molecule has 1 amide bonds. The van der Waals surface area contributed by atoms with Gasteiger partial charge < -0.3 is 5.32 Å². The van der Waals surface area contributed by atoms with E-state index in [2.05, 4.69) is 46.7 Å². The molecule has 0 spiro atoms. The van der Waals surface area contributed by atoms with E-state index in [-0.39, 0.29) is 5.91 Å². The average Bonchev–Trinajstić information content (AvgIpc) is 2.98. The fourth-order valence-electron chi connectivity index (χ4n) is 3.17. The van der Waals surface area contributed by atoms with Crippen LogP contribution >= 0.6 is 0 Å². The van der Waals surface area contributed by atoms with Crippen molar-refractivity contribution >= 4 is 17.6 Å². The number of hydrogen-bond donors (Lipinski definition) is 2. The van der Waals surface area contributed by atoms with Gasteiger partial charge in [-0.1, -0.05) is 44.2 Å². The van der Waals surface area contributed by atoms with E-state index in [0.29, 0.717) is 24.0 Å². The van der Waals surface area contributed by atoms with Gasteiger partial charge in [-0.3, -0.25) is 14.8 Å². The number of aryl methyl sites for hydroxylation is 2. The Hall–Kier alpha value is -3.41. The highest BCUT2D eigenvalue weighted by atomic mass is 16.1. The molecule has 3 rings (SSSR count). The maximum Gasteiger partial charge on any atom is 0.257 e. The molecule has 0 aliphatic heterocycles. The van der Waals surface area contributed by atoms with Gasteiger partial charge in [-0.25, -0.2) is 4.99 Å². The number of anilines is 1. The molecule has 0 aliphatic carbocycles. The molecule has 2 N–H and O–H groups in total. The van der Waals surface area contributed by atoms with Crippen molar-refractivity contribution in [1.82, 2.24) is 15.1 Å². The third kappa shape index (κ3) is 5.14. The van der Waals surface area contributed by atoms with Gasteiger partial charge in [-0.15, -0.1) is 0 Å². The van der Waals surface area contributed by atoms with Gasteiger partial charge in [0, 0.05) is 29.6 Å². The van der Waals surface area contributed by atoms with Crippen LogP contribution in [0, 0.1) is 13.8 Å². The summed E-state index contributed by atoms with van der Waals surface area (Å²) in [5, 5.41) is 10.6. The Labute approximate surface area is 178 Å². The number of hydrogen-bond acceptors (Lipinski definition) is 3. The van der Waals surface area contributed by atoms with Crippen LogP contribution in [0.15, 0.2) is 59.6 Å². The number of carbonyl (C=O) groups excluding carboxylic acids is 1. The molecule has 1 heterocycles. The molecule has 2 aromatic carbocycles. The van der Waals surface area contributed by atoms with Crippen LogP contribution in [0.2, 0.25) is 0 Å². The van der Waals surface area contributed by atoms with Gasteiger partial charge in [0.1, 0.15) is 0 Å². The highest BCUT2D eigenvalue weighted by Crippen LogP contribution is 2.17. The highest BCUT2D eigenvalue weighted by molar-refractivity contribution is 6.09. The molecule has 0 radical (unpaired) electrons. The second-order valence-electron chi connectivity index (χ2n) is 7.66. The molecule has 6 heteroatoms. The number of nitrogens with one attached hydrogen (secondary N) is 2. The Morgan fingerprint density at radius 1 is 1.07 bits per heavy atom. The van der Waals surface area contributed by atoms with Crippen molar-refractivity contribution in [2.45, 2.75) is 40.2 Å². The Morgan fingerprint density at radius 2 is 1.73 bits per heavy atom. The lowest BCUT2D eigenvalue weighted by Crippen LogP contribution is -2.36. The second-order valence-corrected chi connectivity index (χ2v) is 7.66. The number of guanidine groups is 1. The molecule has 6 nitrogen and oxygen atoms in total. The SMILES string of the molecule is Cc1nn(C)c(C)c1CN=C(NC(=O)c1ccccc1)Nc1ccc(C(C)C)cc1. The molecular weight excluding hydrogens is 374 g/mol. The predicted molar refractivity (Wildman–Crippen MR) is 122 cm³/mol. The van der Waals surface area contributed by atoms with Gasteiger partial charge in [0.25, 0.3) is 5.91 Å². The van der Waals surface area contributed by atoms with E-state index in [1.165, 1.54) is 5.56 Å². The van der Waals surface area contributed by atoms with Crippen LogP contribution in [-0.4, -0.2) is 21.6 Å². The van der Waals surface area contributed by atoms with Gasteiger partial charge in [-0.2, -0.15) is 5.10 Å². The molecule has 0 aliphatic rings. The minimum absolute atomic E-state index is 0.208. The molecule has 0 saturated carbocycles. The Kier molecular flexibility index (Phi) is 6.67. The van der Waals surface area contributed by atoms with Gasteiger partial charge in [0.05, 0.1) is 12.2 Å². The van der Waals surface area contributed by atoms with E-state index in [0.717, 1.165) is 22.6 Å². The first-order chi connectivity index (χ1) is 14.3. The van der Waals surface area contributed by atoms with Crippen LogP contribution in [0.3, 0.4) is 0 Å². The minimum atomic E-state index is -0.208. The number of nitrogens with zero attached hydrogens (tertiary/aromatic N) is 3. The van der Waals surface area contributed by atoms with E-state index < -0.39 is 0 Å². The quantitative estimate of drug-likeness (QED) is 0.485. The van der Waals surface area contributed by atoms with Crippen molar-refractivity contribution in [2.24, 2.45) is 12.0 Å². The van der Waals surface area contributed by atoms with Crippen LogP contribution in [-0.2, 0) is 13.6 Å². The number of amides is 1. The van der Waals surface area contributed by atoms with Crippen molar-refractivity contribution in [3.05, 3.63) is 82.7 Å². The normalized spacial score (nSPS) is 11.6. The summed E-state index contributed by atoms with van der Waals surface area (Å²) in [7, 11) is 1.92. The zero-order valence-electron chi connectivity index (χ0n) is 18.2. The first-order valence-electron chi connectivity index (χ1n) is 10.1. The van der Waals surface area contributed by atoms with Crippen LogP contribution < -0.4 is 10.6 Å². The van der Waals surface area contributed by atoms with Crippen molar-refractivity contribution in [3.8, 4) is 0 Å². The summed E-state index contributed by atoms with van der Waals surface area (Å²) >= 11 is 0. The smallest absolute Gasteiger partial charge is 0.257 e. The molecule has 0 bridgehead atoms. The summed E-state index contributed by atoms with van der Waals surface area (Å²) in [4.78, 5) is 17.4. The summed E-state index contributed by atoms with van der Waals surface area (Å²) in [6.45, 7) is 8.73. The second kappa shape index (κ2) is 9.39. The fraction of sp³-hybridized carbons (Fsp3) is 0.292. The standard InChI is InChI=1S/C24H29N5O/c1-16(2)19-11-13-21(14-12-19)26-24(27-23(30)20-9-7-6-8-10-20)25-15-22-17(3)28-29(5)18(22)4/h6-14,16H,15H2,1-5H3,(H2,25,26,27,30). The van der Waals surface area contributed by atoms with Crippen molar-refractivity contribution in [2.75, 3.05) is 5.32 Å². The molecule has 0 fully saturated rings. The summed E-state index contributed by atoms with van der Waals surface area (Å²) in [5.41, 5.74) is 5.76. The maximum atomic E-state index is 12.7. The van der Waals surface area contributed by atoms with Crippen molar-refractivity contribution in [1.29, 1.82) is 0 Å². The summed E-state index contributed by atoms with van der Waals surface area (Å²) < 4.78 is 1.85. The Balaban J connectivity index is 1.84. The molecule has 0 atom stereocenters. The van der Waals surface area contributed by atoms with Crippen LogP contribution in [0.1, 0.15) is 52.6 Å². The van der Waals surface area contributed by atoms with Crippen molar-refractivity contribution in [3.63, 3.8) is 0 Å². The number of rotatable bonds is 5. The average molecular weight is 404 g/mol. The van der Waals surface area contributed by atoms with Crippen LogP contribution in [0.5, 0.6) is 0 Å². The molecule has 1 aromatic heterocycles. The summed E-state index contributed by atoms with van der Waals surface area (Å²) in [5.74, 6) is 0.658. The van der Waals surface area contributed by atoms with E-state index in [1.807, 2.05) is 55.9 Å². The third-order valence-electron chi connectivity index (χ3n) is 5.16.